The third kappa shape index (κ3) is 5.19. The molecule has 0 radical (unpaired) electrons. The lowest BCUT2D eigenvalue weighted by Gasteiger charge is -2.43. The maximum atomic E-state index is 6.45. The average Bonchev–Trinajstić information content (AvgIpc) is 2.72. The molecule has 0 aliphatic rings. The van der Waals surface area contributed by atoms with E-state index in [1.54, 1.807) is 0 Å². The summed E-state index contributed by atoms with van der Waals surface area (Å²) in [4.78, 5) is 0. The van der Waals surface area contributed by atoms with E-state index in [4.69, 9.17) is 8.85 Å². The normalized spacial score (nSPS) is 17.1. The highest BCUT2D eigenvalue weighted by Gasteiger charge is 2.40. The van der Waals surface area contributed by atoms with Gasteiger partial charge in [0.1, 0.15) is 0 Å². The number of benzene rings is 2. The van der Waals surface area contributed by atoms with Crippen molar-refractivity contribution in [3.05, 3.63) is 77.4 Å². The van der Waals surface area contributed by atoms with Crippen molar-refractivity contribution in [3.63, 3.8) is 0 Å². The van der Waals surface area contributed by atoms with Crippen LogP contribution in [0, 0.1) is 10.8 Å². The molecule has 4 heteroatoms. The van der Waals surface area contributed by atoms with E-state index in [0.717, 1.165) is 16.7 Å². The Bertz CT molecular complexity index is 863. The molecule has 2 rings (SSSR count). The van der Waals surface area contributed by atoms with E-state index >= 15 is 0 Å². The second kappa shape index (κ2) is 9.80. The quantitative estimate of drug-likeness (QED) is 0.408. The van der Waals surface area contributed by atoms with Crippen LogP contribution in [0.1, 0.15) is 77.6 Å². The summed E-state index contributed by atoms with van der Waals surface area (Å²) in [5.41, 5.74) is 5.08. The van der Waals surface area contributed by atoms with E-state index in [9.17, 15) is 0 Å². The monoisotopic (exact) mass is 468 g/mol. The Kier molecular flexibility index (Phi) is 8.20. The molecule has 0 bridgehead atoms. The van der Waals surface area contributed by atoms with Crippen LogP contribution in [-0.4, -0.2) is 19.5 Å². The minimum Gasteiger partial charge on any atom is -0.415 e. The van der Waals surface area contributed by atoms with Gasteiger partial charge in [0, 0.05) is 0 Å². The van der Waals surface area contributed by atoms with Gasteiger partial charge in [-0.25, -0.2) is 0 Å². The predicted molar refractivity (Wildman–Crippen MR) is 146 cm³/mol. The molecule has 0 saturated carbocycles. The van der Waals surface area contributed by atoms with Crippen molar-refractivity contribution in [2.75, 3.05) is 0 Å². The van der Waals surface area contributed by atoms with Crippen LogP contribution in [0.3, 0.4) is 0 Å². The minimum atomic E-state index is -0.569. The fourth-order valence-corrected chi connectivity index (χ4v) is 6.57. The van der Waals surface area contributed by atoms with Crippen molar-refractivity contribution >= 4 is 25.1 Å². The Hall–Kier alpha value is -1.47. The smallest absolute Gasteiger partial charge is 0.159 e. The molecule has 2 aromatic rings. The minimum absolute atomic E-state index is 0.00815. The molecular weight excluding hydrogens is 424 g/mol. The van der Waals surface area contributed by atoms with Gasteiger partial charge < -0.3 is 8.85 Å². The van der Waals surface area contributed by atoms with Gasteiger partial charge in [-0.2, -0.15) is 0 Å². The largest absolute Gasteiger partial charge is 0.415 e. The summed E-state index contributed by atoms with van der Waals surface area (Å²) in [5, 5.41) is 0. The SMILES string of the molecule is C=C(c1cccc(C(C)(O[SiH2]C)C(C)(C)C)c1)c1cccc(C(C)(O[SiH2]C)C(C)(C)C)c1. The van der Waals surface area contributed by atoms with Gasteiger partial charge in [0.15, 0.2) is 19.5 Å². The van der Waals surface area contributed by atoms with Crippen molar-refractivity contribution in [2.24, 2.45) is 10.8 Å². The molecule has 0 heterocycles. The lowest BCUT2D eigenvalue weighted by molar-refractivity contribution is -0.0190. The number of hydrogen-bond donors (Lipinski definition) is 0. The zero-order valence-electron chi connectivity index (χ0n) is 22.1. The van der Waals surface area contributed by atoms with Crippen LogP contribution in [0.4, 0.5) is 0 Å². The summed E-state index contributed by atoms with van der Waals surface area (Å²) in [7, 11) is -1.14. The Morgan fingerprint density at radius 1 is 0.656 bits per heavy atom. The predicted octanol–water partition coefficient (Wildman–Crippen LogP) is 6.57. The molecule has 2 nitrogen and oxygen atoms in total. The Morgan fingerprint density at radius 2 is 1.00 bits per heavy atom. The fraction of sp³-hybridized carbons (Fsp3) is 0.500. The summed E-state index contributed by atoms with van der Waals surface area (Å²) in [5.74, 6) is 0. The van der Waals surface area contributed by atoms with E-state index in [0.29, 0.717) is 0 Å². The van der Waals surface area contributed by atoms with Crippen LogP contribution >= 0.6 is 0 Å². The lowest BCUT2D eigenvalue weighted by atomic mass is 9.72. The van der Waals surface area contributed by atoms with Crippen molar-refractivity contribution in [1.29, 1.82) is 0 Å². The Balaban J connectivity index is 2.52. The lowest BCUT2D eigenvalue weighted by Crippen LogP contribution is -2.40. The van der Waals surface area contributed by atoms with Crippen LogP contribution in [0.5, 0.6) is 0 Å². The molecule has 0 amide bonds. The van der Waals surface area contributed by atoms with Gasteiger partial charge in [-0.3, -0.25) is 0 Å². The van der Waals surface area contributed by atoms with Crippen molar-refractivity contribution in [3.8, 4) is 0 Å². The second-order valence-electron chi connectivity index (χ2n) is 11.1. The molecule has 0 fully saturated rings. The zero-order valence-corrected chi connectivity index (χ0v) is 24.9. The van der Waals surface area contributed by atoms with Gasteiger partial charge >= 0.3 is 0 Å². The molecule has 2 unspecified atom stereocenters. The van der Waals surface area contributed by atoms with E-state index in [2.05, 4.69) is 124 Å². The third-order valence-corrected chi connectivity index (χ3v) is 8.98. The van der Waals surface area contributed by atoms with Gasteiger partial charge in [-0.1, -0.05) is 97.6 Å². The summed E-state index contributed by atoms with van der Waals surface area (Å²) >= 11 is 0. The summed E-state index contributed by atoms with van der Waals surface area (Å²) in [6.07, 6.45) is 0. The Labute approximate surface area is 201 Å². The maximum absolute atomic E-state index is 6.45. The second-order valence-corrected chi connectivity index (χ2v) is 12.8. The first-order valence-corrected chi connectivity index (χ1v) is 15.9. The van der Waals surface area contributed by atoms with Gasteiger partial charge in [0.25, 0.3) is 0 Å². The molecule has 2 atom stereocenters. The van der Waals surface area contributed by atoms with Crippen molar-refractivity contribution in [1.82, 2.24) is 0 Å². The van der Waals surface area contributed by atoms with Gasteiger partial charge in [0.05, 0.1) is 11.2 Å². The molecule has 0 aromatic heterocycles. The van der Waals surface area contributed by atoms with E-state index < -0.39 is 19.5 Å². The van der Waals surface area contributed by atoms with E-state index in [1.165, 1.54) is 11.1 Å². The average molecular weight is 469 g/mol. The highest BCUT2D eigenvalue weighted by Crippen LogP contribution is 2.44. The Morgan fingerprint density at radius 3 is 1.28 bits per heavy atom. The molecule has 0 aliphatic carbocycles. The molecule has 0 saturated heterocycles. The first kappa shape index (κ1) is 26.8. The standard InChI is InChI=1S/C28H44O2Si2/c1-20(21-14-12-16-23(18-21)27(8,29-31-10)25(2,3)4)22-15-13-17-24(19-22)28(9,30-32-11)26(5,6)7/h12-19H,1,31-32H2,2-11H3. The summed E-state index contributed by atoms with van der Waals surface area (Å²) in [6, 6.07) is 17.5. The summed E-state index contributed by atoms with van der Waals surface area (Å²) in [6.45, 7) is 26.9. The van der Waals surface area contributed by atoms with Crippen LogP contribution in [0.25, 0.3) is 5.57 Å². The van der Waals surface area contributed by atoms with Gasteiger partial charge in [-0.15, -0.1) is 0 Å². The van der Waals surface area contributed by atoms with Gasteiger partial charge in [0.2, 0.25) is 0 Å². The molecular formula is C28H44O2Si2. The van der Waals surface area contributed by atoms with E-state index in [-0.39, 0.29) is 22.0 Å². The first-order valence-electron chi connectivity index (χ1n) is 11.9. The van der Waals surface area contributed by atoms with Crippen LogP contribution in [-0.2, 0) is 20.1 Å². The molecule has 0 aliphatic heterocycles. The molecule has 0 N–H and O–H groups in total. The molecule has 176 valence electrons. The molecule has 2 aromatic carbocycles. The first-order chi connectivity index (χ1) is 14.7. The zero-order chi connectivity index (χ0) is 24.4. The van der Waals surface area contributed by atoms with Gasteiger partial charge in [-0.05, 0) is 64.6 Å². The molecule has 0 spiro atoms. The highest BCUT2D eigenvalue weighted by atomic mass is 28.2. The highest BCUT2D eigenvalue weighted by molar-refractivity contribution is 6.25. The van der Waals surface area contributed by atoms with E-state index in [1.807, 2.05) is 0 Å². The van der Waals surface area contributed by atoms with Crippen molar-refractivity contribution < 1.29 is 8.85 Å². The third-order valence-electron chi connectivity index (χ3n) is 7.25. The fourth-order valence-electron chi connectivity index (χ4n) is 4.22. The van der Waals surface area contributed by atoms with Crippen LogP contribution in [0.15, 0.2) is 55.1 Å². The molecule has 32 heavy (non-hydrogen) atoms. The maximum Gasteiger partial charge on any atom is 0.159 e. The van der Waals surface area contributed by atoms with Crippen LogP contribution < -0.4 is 0 Å². The number of rotatable bonds is 8. The number of hydrogen-bond acceptors (Lipinski definition) is 2. The van der Waals surface area contributed by atoms with Crippen molar-refractivity contribution in [2.45, 2.75) is 79.7 Å². The summed E-state index contributed by atoms with van der Waals surface area (Å²) < 4.78 is 12.9. The topological polar surface area (TPSA) is 18.5 Å². The van der Waals surface area contributed by atoms with Crippen LogP contribution in [0.2, 0.25) is 13.1 Å².